The first-order chi connectivity index (χ1) is 9.13. The van der Waals surface area contributed by atoms with Crippen molar-refractivity contribution in [1.82, 2.24) is 10.3 Å². The van der Waals surface area contributed by atoms with Gasteiger partial charge in [0.05, 0.1) is 6.04 Å². The third-order valence-corrected chi connectivity index (χ3v) is 4.80. The molecular formula is C15H19N3S. The Morgan fingerprint density at radius 2 is 2.32 bits per heavy atom. The molecule has 0 amide bonds. The zero-order chi connectivity index (χ0) is 13.4. The van der Waals surface area contributed by atoms with Crippen LogP contribution in [0, 0.1) is 6.92 Å². The van der Waals surface area contributed by atoms with E-state index in [1.807, 2.05) is 12.3 Å². The number of nitrogen functional groups attached to an aromatic ring is 1. The van der Waals surface area contributed by atoms with Gasteiger partial charge in [-0.25, -0.2) is 4.98 Å². The standard InChI is InChI=1S/C15H19N3S/c1-9-8-17-15(19-9)10(2)18-14-6-3-11-7-12(16)4-5-13(11)14/h4-5,7-8,10,14,18H,3,6,16H2,1-2H3. The molecule has 0 saturated heterocycles. The second kappa shape index (κ2) is 4.94. The summed E-state index contributed by atoms with van der Waals surface area (Å²) in [6, 6.07) is 6.99. The molecule has 0 spiro atoms. The van der Waals surface area contributed by atoms with Gasteiger partial charge in [0.15, 0.2) is 0 Å². The predicted octanol–water partition coefficient (Wildman–Crippen LogP) is 3.37. The maximum Gasteiger partial charge on any atom is 0.109 e. The van der Waals surface area contributed by atoms with E-state index in [4.69, 9.17) is 5.73 Å². The van der Waals surface area contributed by atoms with Crippen molar-refractivity contribution in [3.8, 4) is 0 Å². The van der Waals surface area contributed by atoms with E-state index in [1.165, 1.54) is 21.0 Å². The maximum atomic E-state index is 5.84. The minimum absolute atomic E-state index is 0.298. The monoisotopic (exact) mass is 273 g/mol. The van der Waals surface area contributed by atoms with Crippen LogP contribution in [0.5, 0.6) is 0 Å². The molecule has 100 valence electrons. The number of nitrogens with one attached hydrogen (secondary N) is 1. The number of anilines is 1. The molecule has 19 heavy (non-hydrogen) atoms. The Balaban J connectivity index is 1.76. The van der Waals surface area contributed by atoms with Crippen LogP contribution in [-0.2, 0) is 6.42 Å². The highest BCUT2D eigenvalue weighted by atomic mass is 32.1. The third kappa shape index (κ3) is 2.51. The van der Waals surface area contributed by atoms with E-state index in [9.17, 15) is 0 Å². The molecule has 1 heterocycles. The number of benzene rings is 1. The number of nitrogens with zero attached hydrogens (tertiary/aromatic N) is 1. The topological polar surface area (TPSA) is 50.9 Å². The Bertz CT molecular complexity index is 591. The molecule has 3 rings (SSSR count). The molecular weight excluding hydrogens is 254 g/mol. The second-order valence-corrected chi connectivity index (χ2v) is 6.51. The average molecular weight is 273 g/mol. The lowest BCUT2D eigenvalue weighted by atomic mass is 10.1. The molecule has 2 unspecified atom stereocenters. The van der Waals surface area contributed by atoms with E-state index in [1.54, 1.807) is 11.3 Å². The van der Waals surface area contributed by atoms with Crippen LogP contribution >= 0.6 is 11.3 Å². The lowest BCUT2D eigenvalue weighted by Gasteiger charge is -2.18. The number of thiazole rings is 1. The first-order valence-electron chi connectivity index (χ1n) is 6.70. The zero-order valence-corrected chi connectivity index (χ0v) is 12.1. The fraction of sp³-hybridized carbons (Fsp3) is 0.400. The summed E-state index contributed by atoms with van der Waals surface area (Å²) in [6.07, 6.45) is 4.20. The Kier molecular flexibility index (Phi) is 3.29. The highest BCUT2D eigenvalue weighted by Gasteiger charge is 2.24. The highest BCUT2D eigenvalue weighted by Crippen LogP contribution is 2.34. The number of nitrogens with two attached hydrogens (primary N) is 1. The van der Waals surface area contributed by atoms with Crippen LogP contribution in [0.15, 0.2) is 24.4 Å². The largest absolute Gasteiger partial charge is 0.399 e. The fourth-order valence-corrected chi connectivity index (χ4v) is 3.54. The lowest BCUT2D eigenvalue weighted by molar-refractivity contribution is 0.464. The molecule has 0 saturated carbocycles. The summed E-state index contributed by atoms with van der Waals surface area (Å²) in [5.74, 6) is 0. The molecule has 1 aromatic heterocycles. The van der Waals surface area contributed by atoms with Gasteiger partial charge in [-0.3, -0.25) is 0 Å². The van der Waals surface area contributed by atoms with Gasteiger partial charge in [0.1, 0.15) is 5.01 Å². The molecule has 2 atom stereocenters. The van der Waals surface area contributed by atoms with Crippen LogP contribution < -0.4 is 11.1 Å². The van der Waals surface area contributed by atoms with Crippen LogP contribution in [0.3, 0.4) is 0 Å². The molecule has 3 nitrogen and oxygen atoms in total. The van der Waals surface area contributed by atoms with Gasteiger partial charge < -0.3 is 11.1 Å². The number of hydrogen-bond acceptors (Lipinski definition) is 4. The number of aryl methyl sites for hydroxylation is 2. The first-order valence-corrected chi connectivity index (χ1v) is 7.52. The van der Waals surface area contributed by atoms with Crippen molar-refractivity contribution in [2.75, 3.05) is 5.73 Å². The summed E-state index contributed by atoms with van der Waals surface area (Å²) in [6.45, 7) is 4.29. The van der Waals surface area contributed by atoms with Crippen molar-refractivity contribution in [1.29, 1.82) is 0 Å². The summed E-state index contributed by atoms with van der Waals surface area (Å²) in [4.78, 5) is 5.73. The number of aromatic nitrogens is 1. The molecule has 1 aliphatic carbocycles. The van der Waals surface area contributed by atoms with Gasteiger partial charge in [-0.1, -0.05) is 6.07 Å². The van der Waals surface area contributed by atoms with Crippen LogP contribution in [0.25, 0.3) is 0 Å². The van der Waals surface area contributed by atoms with Crippen molar-refractivity contribution >= 4 is 17.0 Å². The molecule has 4 heteroatoms. The Labute approximate surface area is 117 Å². The fourth-order valence-electron chi connectivity index (χ4n) is 2.76. The SMILES string of the molecule is Cc1cnc(C(C)NC2CCc3cc(N)ccc32)s1. The van der Waals surface area contributed by atoms with Gasteiger partial charge >= 0.3 is 0 Å². The zero-order valence-electron chi connectivity index (χ0n) is 11.3. The number of fused-ring (bicyclic) bond motifs is 1. The van der Waals surface area contributed by atoms with Crippen molar-refractivity contribution in [2.24, 2.45) is 0 Å². The molecule has 0 fully saturated rings. The van der Waals surface area contributed by atoms with Gasteiger partial charge in [0.2, 0.25) is 0 Å². The van der Waals surface area contributed by atoms with Crippen molar-refractivity contribution in [2.45, 2.75) is 38.8 Å². The van der Waals surface area contributed by atoms with Crippen LogP contribution in [0.1, 0.15) is 46.4 Å². The van der Waals surface area contributed by atoms with E-state index in [0.717, 1.165) is 18.5 Å². The normalized spacial score (nSPS) is 19.4. The van der Waals surface area contributed by atoms with E-state index < -0.39 is 0 Å². The Morgan fingerprint density at radius 3 is 3.05 bits per heavy atom. The third-order valence-electron chi connectivity index (χ3n) is 3.71. The van der Waals surface area contributed by atoms with Gasteiger partial charge in [-0.05, 0) is 49.9 Å². The molecule has 2 aromatic rings. The van der Waals surface area contributed by atoms with E-state index >= 15 is 0 Å². The van der Waals surface area contributed by atoms with E-state index in [-0.39, 0.29) is 0 Å². The van der Waals surface area contributed by atoms with E-state index in [2.05, 4.69) is 36.3 Å². The predicted molar refractivity (Wildman–Crippen MR) is 80.3 cm³/mol. The Hall–Kier alpha value is -1.39. The smallest absolute Gasteiger partial charge is 0.109 e. The van der Waals surface area contributed by atoms with Crippen LogP contribution in [0.4, 0.5) is 5.69 Å². The summed E-state index contributed by atoms with van der Waals surface area (Å²) in [7, 11) is 0. The molecule has 1 aromatic carbocycles. The summed E-state index contributed by atoms with van der Waals surface area (Å²) in [5, 5.41) is 4.86. The summed E-state index contributed by atoms with van der Waals surface area (Å²) >= 11 is 1.77. The van der Waals surface area contributed by atoms with Crippen molar-refractivity contribution in [3.63, 3.8) is 0 Å². The van der Waals surface area contributed by atoms with Gasteiger partial charge in [0.25, 0.3) is 0 Å². The van der Waals surface area contributed by atoms with Crippen molar-refractivity contribution in [3.05, 3.63) is 45.4 Å². The molecule has 0 aliphatic heterocycles. The quantitative estimate of drug-likeness (QED) is 0.843. The molecule has 1 aliphatic rings. The summed E-state index contributed by atoms with van der Waals surface area (Å²) < 4.78 is 0. The van der Waals surface area contributed by atoms with Gasteiger partial charge in [-0.2, -0.15) is 0 Å². The minimum atomic E-state index is 0.298. The molecule has 0 radical (unpaired) electrons. The van der Waals surface area contributed by atoms with Crippen LogP contribution in [0.2, 0.25) is 0 Å². The second-order valence-electron chi connectivity index (χ2n) is 5.25. The highest BCUT2D eigenvalue weighted by molar-refractivity contribution is 7.11. The summed E-state index contributed by atoms with van der Waals surface area (Å²) in [5.41, 5.74) is 9.49. The maximum absolute atomic E-state index is 5.84. The van der Waals surface area contributed by atoms with Crippen molar-refractivity contribution < 1.29 is 0 Å². The molecule has 3 N–H and O–H groups in total. The van der Waals surface area contributed by atoms with Gasteiger partial charge in [0, 0.05) is 22.8 Å². The number of hydrogen-bond donors (Lipinski definition) is 2. The molecule has 0 bridgehead atoms. The van der Waals surface area contributed by atoms with E-state index in [0.29, 0.717) is 12.1 Å². The Morgan fingerprint density at radius 1 is 1.47 bits per heavy atom. The van der Waals surface area contributed by atoms with Crippen LogP contribution in [-0.4, -0.2) is 4.98 Å². The number of rotatable bonds is 3. The lowest BCUT2D eigenvalue weighted by Crippen LogP contribution is -2.22. The first kappa shape index (κ1) is 12.6. The average Bonchev–Trinajstić information content (AvgIpc) is 2.96. The minimum Gasteiger partial charge on any atom is -0.399 e. The van der Waals surface area contributed by atoms with Gasteiger partial charge in [-0.15, -0.1) is 11.3 Å².